The van der Waals surface area contributed by atoms with Crippen LogP contribution in [0.5, 0.6) is 0 Å². The Hall–Kier alpha value is 1.32. The summed E-state index contributed by atoms with van der Waals surface area (Å²) in [7, 11) is -37.1. The molecular weight excluding hydrogens is 2160 g/mol. The second kappa shape index (κ2) is 55.1. The zero-order valence-corrected chi connectivity index (χ0v) is 103. The highest BCUT2D eigenvalue weighted by Gasteiger charge is 2.50. The van der Waals surface area contributed by atoms with Gasteiger partial charge in [-0.2, -0.15) is 0 Å². The molecule has 1 N–H and O–H groups in total. The van der Waals surface area contributed by atoms with Crippen LogP contribution in [0, 0.1) is 0 Å². The van der Waals surface area contributed by atoms with Crippen LogP contribution in [-0.2, 0) is 166 Å². The van der Waals surface area contributed by atoms with Gasteiger partial charge in [0.2, 0.25) is 0 Å². The van der Waals surface area contributed by atoms with Crippen molar-refractivity contribution in [2.45, 2.75) is 230 Å². The van der Waals surface area contributed by atoms with Gasteiger partial charge in [0.05, 0.1) is 226 Å². The highest BCUT2D eigenvalue weighted by molar-refractivity contribution is 7.59. The first-order valence-corrected chi connectivity index (χ1v) is 76.8. The van der Waals surface area contributed by atoms with Gasteiger partial charge in [0, 0.05) is 250 Å². The minimum atomic E-state index is -3.49. The summed E-state index contributed by atoms with van der Waals surface area (Å²) in [5.74, 6) is 0. The molecule has 0 aromatic rings. The van der Waals surface area contributed by atoms with Crippen LogP contribution in [0.1, 0.15) is 83.1 Å². The van der Waals surface area contributed by atoms with Crippen LogP contribution in [0.2, 0.25) is 0 Å². The molecule has 0 aromatic heterocycles. The van der Waals surface area contributed by atoms with Gasteiger partial charge in [0.1, 0.15) is 0 Å². The van der Waals surface area contributed by atoms with Crippen LogP contribution >= 0.6 is 89.9 Å². The van der Waals surface area contributed by atoms with E-state index in [0.29, 0.717) is 85.1 Å². The Morgan fingerprint density at radius 1 is 0.177 bits per heavy atom. The lowest BCUT2D eigenvalue weighted by Crippen LogP contribution is -2.49. The summed E-state index contributed by atoms with van der Waals surface area (Å²) in [5, 5.41) is 3.30. The van der Waals surface area contributed by atoms with Crippen LogP contribution in [-0.4, -0.2) is 535 Å². The molecule has 10 unspecified atom stereocenters. The van der Waals surface area contributed by atoms with Crippen molar-refractivity contribution in [3.8, 4) is 0 Å². The van der Waals surface area contributed by atoms with Crippen molar-refractivity contribution in [1.29, 1.82) is 0 Å². The van der Waals surface area contributed by atoms with Crippen LogP contribution in [0.4, 0.5) is 0 Å². The molecule has 34 atom stereocenters. The molecule has 12 rings (SSSR count). The maximum atomic E-state index is 14.4. The second-order valence-electron chi connectivity index (χ2n) is 43.5. The fourth-order valence-electron chi connectivity index (χ4n) is 20.0. The lowest BCUT2D eigenvalue weighted by Gasteiger charge is -2.43. The summed E-state index contributed by atoms with van der Waals surface area (Å²) in [6, 6.07) is 0. The highest BCUT2D eigenvalue weighted by atomic mass is 31.2. The van der Waals surface area contributed by atoms with Gasteiger partial charge in [0.15, 0.2) is 14.7 Å². The molecule has 12 aliphatic heterocycles. The number of likely N-dealkylation sites (N-methyl/N-ethyl adjacent to an activating group) is 1. The maximum absolute atomic E-state index is 14.4. The number of rotatable bonds is 46. The van der Waals surface area contributed by atoms with E-state index in [0.717, 1.165) is 13.1 Å². The van der Waals surface area contributed by atoms with E-state index in [1.165, 1.54) is 13.3 Å². The predicted octanol–water partition coefficient (Wildman–Crippen LogP) is 11.5. The fourth-order valence-corrected chi connectivity index (χ4v) is 37.2. The molecule has 48 nitrogen and oxygen atoms in total. The van der Waals surface area contributed by atoms with E-state index in [1.54, 1.807) is 127 Å². The van der Waals surface area contributed by atoms with Crippen molar-refractivity contribution < 1.29 is 166 Å². The van der Waals surface area contributed by atoms with Crippen molar-refractivity contribution in [2.75, 3.05) is 337 Å². The molecule has 12 fully saturated rings. The van der Waals surface area contributed by atoms with E-state index in [9.17, 15) is 54.8 Å². The number of nitrogens with one attached hydrogen (secondary N) is 1. The smallest absolute Gasteiger partial charge is 0.269 e. The maximum Gasteiger partial charge on any atom is 0.269 e. The van der Waals surface area contributed by atoms with Crippen molar-refractivity contribution in [2.24, 2.45) is 0 Å². The number of ether oxygens (including phenoxy) is 12. The summed E-state index contributed by atoms with van der Waals surface area (Å²) in [4.78, 5) is 2.17. The molecule has 0 aliphatic carbocycles. The van der Waals surface area contributed by atoms with Gasteiger partial charge in [-0.3, -0.25) is 54.8 Å². The topological polar surface area (TPSA) is 474 Å². The molecule has 0 aromatic carbocycles. The SMILES string of the molecule is C[C@H]1CN(C)C[C@@H](COP(C)(=O)N2C[C@@H](COP(C)(=O)N3C[C@@H](COP(C)(=O)N4C[C@@H](COP(C)(=O)N5C[C@@H](COP(C)(=O)N6C[C@@H](COP(C)(=O)N7C[C@@H](COP(C)(C)=O)O[C@@H](C)C7)O[C@@H](C)C6)O[C@@H](C)C5)O[C@@H](C)C4)O[C@@H](C)C3)O[C@@H](C)C2)O1.C[C@H]1CNC[C@@H](COP(C)(=O)N2C[C@@H](COP(C)(=O)N3C[C@@H](COP(C)(=O)N4C[C@@H](COP(C)(=O)N5C[C@@H](COP(C)(C)=O)O[C@@H](C)C5)O[C@@H](C)C4)O[C@@H](C)C3)O[C@@H](C)C2)O1. The lowest BCUT2D eigenvalue weighted by atomic mass is 10.2. The van der Waals surface area contributed by atoms with Crippen molar-refractivity contribution >= 4 is 89.9 Å². The van der Waals surface area contributed by atoms with Crippen LogP contribution in [0.3, 0.4) is 0 Å². The first kappa shape index (κ1) is 128. The largest absolute Gasteiger partial charge is 0.370 e. The van der Waals surface area contributed by atoms with Crippen LogP contribution in [0.15, 0.2) is 0 Å². The van der Waals surface area contributed by atoms with Crippen molar-refractivity contribution in [1.82, 2.24) is 56.9 Å². The molecule has 12 heterocycles. The Bertz CT molecular complexity index is 4800. The Labute approximate surface area is 874 Å². The first-order chi connectivity index (χ1) is 68.1. The van der Waals surface area contributed by atoms with Crippen molar-refractivity contribution in [3.05, 3.63) is 0 Å². The zero-order chi connectivity index (χ0) is 108. The van der Waals surface area contributed by atoms with Gasteiger partial charge in [-0.1, -0.05) is 0 Å². The van der Waals surface area contributed by atoms with E-state index < -0.39 is 151 Å². The Morgan fingerprint density at radius 2 is 0.306 bits per heavy atom. The highest BCUT2D eigenvalue weighted by Crippen LogP contribution is 2.59. The summed E-state index contributed by atoms with van der Waals surface area (Å²) >= 11 is 0. The van der Waals surface area contributed by atoms with Gasteiger partial charge >= 0.3 is 0 Å². The van der Waals surface area contributed by atoms with E-state index >= 15 is 0 Å². The fraction of sp³-hybridized carbons (Fsp3) is 1.00. The molecule has 12 saturated heterocycles. The van der Waals surface area contributed by atoms with E-state index in [2.05, 4.69) is 10.2 Å². The molecular formula is C87H178N12O36P12. The average molecular weight is 2340 g/mol. The average Bonchev–Trinajstić information content (AvgIpc) is 0.803. The van der Waals surface area contributed by atoms with E-state index in [-0.39, 0.29) is 224 Å². The monoisotopic (exact) mass is 2340 g/mol. The number of morpholine rings is 12. The predicted molar refractivity (Wildman–Crippen MR) is 564 cm³/mol. The standard InChI is InChI=1S/C51H104N7O21P7.C36H74N5O15P5/c1-38-17-52(8)24-45(73-38)32-67-81(11,60)54-19-40(3)75-47(26-54)34-69-83(13,62)56-21-42(5)77-49(28-56)36-71-85(15,64)58-23-44(7)79-51(30-58)37-72-86(16,65)57-22-43(6)78-50(29-57)35-70-84(14,63)55-20-41(4)76-48(27-55)33-68-82(12,61)53-18-39(2)74-46(25-53)31-66-80(9,10)59;1-27-12-37-13-32(52-27)22-48-58(8,43)39-15-29(3)54-34(19-39)24-50-60(10,45)41-17-31(5)56-36(21-41)26-51-61(11,46)40-16-30(4)55-35(20-40)25-49-59(9,44)38-14-28(2)53-33(18-38)23-47-57(6,7)42/h38-51H,17-37H2,1-16H3;27-37H,12-26H2,1-11H3/t38-,39-,40-,41-,42-,43-,44-,45-,46-,47-,48-,49-,50-,51-,81?,82?,83?,84?,85?,86?;27-,28-,29-,30-,31-,32-,33-,34-,35-,36-,58?,59?,60?,61?/m00/s1. The minimum Gasteiger partial charge on any atom is -0.370 e. The van der Waals surface area contributed by atoms with Crippen LogP contribution in [0.25, 0.3) is 0 Å². The Kier molecular flexibility index (Phi) is 48.1. The van der Waals surface area contributed by atoms with Gasteiger partial charge < -0.3 is 121 Å². The van der Waals surface area contributed by atoms with E-state index in [1.807, 2.05) is 90.1 Å². The molecule has 0 amide bonds. The Morgan fingerprint density at radius 3 is 0.449 bits per heavy atom. The first-order valence-electron chi connectivity index (χ1n) is 51.5. The van der Waals surface area contributed by atoms with Gasteiger partial charge in [0.25, 0.3) is 75.2 Å². The third-order valence-corrected chi connectivity index (χ3v) is 48.5. The zero-order valence-electron chi connectivity index (χ0n) is 91.8. The quantitative estimate of drug-likeness (QED) is 0.0553. The minimum absolute atomic E-state index is 0.00133. The Balaban J connectivity index is 0.000000296. The van der Waals surface area contributed by atoms with Crippen LogP contribution < -0.4 is 5.32 Å². The third-order valence-electron chi connectivity index (χ3n) is 27.1. The van der Waals surface area contributed by atoms with Gasteiger partial charge in [-0.05, 0) is 90.1 Å². The summed E-state index contributed by atoms with van der Waals surface area (Å²) in [6.07, 6.45) is -8.57. The van der Waals surface area contributed by atoms with Gasteiger partial charge in [-0.25, -0.2) is 46.7 Å². The molecule has 862 valence electrons. The molecule has 147 heavy (non-hydrogen) atoms. The van der Waals surface area contributed by atoms with Crippen molar-refractivity contribution in [3.63, 3.8) is 0 Å². The molecule has 0 radical (unpaired) electrons. The molecule has 0 bridgehead atoms. The third kappa shape index (κ3) is 41.0. The number of hydrogen-bond donors (Lipinski definition) is 1. The molecule has 0 spiro atoms. The molecule has 0 saturated carbocycles. The number of hydrogen-bond acceptors (Lipinski definition) is 38. The summed E-state index contributed by atoms with van der Waals surface area (Å²) < 4.78 is 328. The summed E-state index contributed by atoms with van der Waals surface area (Å²) in [6.45, 7) is 53.9. The number of nitrogens with zero attached hydrogens (tertiary/aromatic N) is 11. The molecule has 12 aliphatic rings. The van der Waals surface area contributed by atoms with Gasteiger partial charge in [-0.15, -0.1) is 0 Å². The molecule has 60 heteroatoms. The second-order valence-corrected chi connectivity index (χ2v) is 73.3. The van der Waals surface area contributed by atoms with E-state index in [4.69, 9.17) is 111 Å². The lowest BCUT2D eigenvalue weighted by molar-refractivity contribution is -0.0920. The normalized spacial score (nSPS) is 37.6. The summed E-state index contributed by atoms with van der Waals surface area (Å²) in [5.41, 5.74) is 0.